The third-order valence-electron chi connectivity index (χ3n) is 2.49. The average Bonchev–Trinajstić information content (AvgIpc) is 2.33. The van der Waals surface area contributed by atoms with Crippen molar-refractivity contribution in [2.45, 2.75) is 25.9 Å². The molecule has 1 N–H and O–H groups in total. The number of nitrogens with zero attached hydrogens (tertiary/aromatic N) is 1. The molecular weight excluding hydrogens is 261 g/mol. The number of hydrogen-bond acceptors (Lipinski definition) is 2. The summed E-state index contributed by atoms with van der Waals surface area (Å²) in [6.07, 6.45) is -0.927. The number of nitrogens with one attached hydrogen (secondary N) is 1. The molecule has 0 radical (unpaired) electrons. The van der Waals surface area contributed by atoms with Crippen LogP contribution in [0.5, 0.6) is 0 Å². The average molecular weight is 276 g/mol. The van der Waals surface area contributed by atoms with E-state index in [1.807, 2.05) is 6.92 Å². The van der Waals surface area contributed by atoms with Crippen molar-refractivity contribution in [2.75, 3.05) is 13.1 Å². The molecule has 0 saturated heterocycles. The van der Waals surface area contributed by atoms with Gasteiger partial charge in [0.25, 0.3) is 5.91 Å². The van der Waals surface area contributed by atoms with Gasteiger partial charge in [-0.15, -0.1) is 0 Å². The third-order valence-corrected chi connectivity index (χ3v) is 2.49. The van der Waals surface area contributed by atoms with E-state index in [1.165, 1.54) is 6.20 Å². The van der Waals surface area contributed by atoms with Gasteiger partial charge >= 0.3 is 6.18 Å². The first kappa shape index (κ1) is 15.3. The summed E-state index contributed by atoms with van der Waals surface area (Å²) < 4.78 is 37.3. The van der Waals surface area contributed by atoms with Crippen molar-refractivity contribution in [1.29, 1.82) is 0 Å². The van der Waals surface area contributed by atoms with Crippen molar-refractivity contribution >= 4 is 5.91 Å². The molecule has 0 fully saturated rings. The molecule has 0 aliphatic heterocycles. The predicted molar refractivity (Wildman–Crippen MR) is 63.9 cm³/mol. The zero-order valence-electron chi connectivity index (χ0n) is 10.5. The number of H-pyrrole nitrogens is 1. The molecule has 0 unspecified atom stereocenters. The lowest BCUT2D eigenvalue weighted by Gasteiger charge is -2.23. The summed E-state index contributed by atoms with van der Waals surface area (Å²) in [6, 6.07) is 1.11. The highest BCUT2D eigenvalue weighted by Crippen LogP contribution is 2.18. The quantitative estimate of drug-likeness (QED) is 0.896. The number of unbranched alkanes of at least 4 members (excludes halogenated alkanes) is 1. The maximum atomic E-state index is 12.4. The Bertz CT molecular complexity index is 482. The molecule has 1 heterocycles. The number of hydrogen-bond donors (Lipinski definition) is 1. The highest BCUT2D eigenvalue weighted by molar-refractivity contribution is 5.93. The van der Waals surface area contributed by atoms with E-state index in [9.17, 15) is 22.8 Å². The summed E-state index contributed by atoms with van der Waals surface area (Å²) in [6.45, 7) is 0.439. The van der Waals surface area contributed by atoms with E-state index in [1.54, 1.807) is 0 Å². The van der Waals surface area contributed by atoms with Crippen LogP contribution in [0.1, 0.15) is 30.1 Å². The SMILES string of the molecule is CCCCN(CC(F)(F)F)C(=O)c1c[nH]ccc1=O. The Labute approximate surface area is 108 Å². The van der Waals surface area contributed by atoms with Crippen molar-refractivity contribution < 1.29 is 18.0 Å². The second kappa shape index (κ2) is 6.40. The maximum absolute atomic E-state index is 12.4. The van der Waals surface area contributed by atoms with Crippen LogP contribution < -0.4 is 5.43 Å². The largest absolute Gasteiger partial charge is 0.406 e. The number of halogens is 3. The Balaban J connectivity index is 2.94. The van der Waals surface area contributed by atoms with Crippen LogP contribution in [0, 0.1) is 0 Å². The van der Waals surface area contributed by atoms with Crippen LogP contribution in [0.25, 0.3) is 0 Å². The molecule has 7 heteroatoms. The van der Waals surface area contributed by atoms with Crippen molar-refractivity contribution in [3.8, 4) is 0 Å². The zero-order chi connectivity index (χ0) is 14.5. The molecule has 1 amide bonds. The summed E-state index contributed by atoms with van der Waals surface area (Å²) >= 11 is 0. The number of alkyl halides is 3. The predicted octanol–water partition coefficient (Wildman–Crippen LogP) is 2.18. The van der Waals surface area contributed by atoms with Crippen LogP contribution in [-0.4, -0.2) is 35.1 Å². The fourth-order valence-electron chi connectivity index (χ4n) is 1.57. The standard InChI is InChI=1S/C12H15F3N2O2/c1-2-3-6-17(8-12(13,14)15)11(19)9-7-16-5-4-10(9)18/h4-5,7H,2-3,6,8H2,1H3,(H,16,18). The minimum Gasteiger partial charge on any atom is -0.367 e. The van der Waals surface area contributed by atoms with Crippen molar-refractivity contribution in [1.82, 2.24) is 9.88 Å². The van der Waals surface area contributed by atoms with Crippen molar-refractivity contribution in [3.63, 3.8) is 0 Å². The molecule has 19 heavy (non-hydrogen) atoms. The molecule has 0 saturated carbocycles. The molecule has 106 valence electrons. The smallest absolute Gasteiger partial charge is 0.367 e. The van der Waals surface area contributed by atoms with Gasteiger partial charge < -0.3 is 9.88 Å². The summed E-state index contributed by atoms with van der Waals surface area (Å²) in [4.78, 5) is 26.6. The van der Waals surface area contributed by atoms with Crippen LogP contribution in [0.4, 0.5) is 13.2 Å². The molecule has 0 atom stereocenters. The van der Waals surface area contributed by atoms with Gasteiger partial charge in [-0.2, -0.15) is 13.2 Å². The second-order valence-electron chi connectivity index (χ2n) is 4.12. The van der Waals surface area contributed by atoms with Crippen LogP contribution >= 0.6 is 0 Å². The number of rotatable bonds is 5. The Morgan fingerprint density at radius 1 is 1.42 bits per heavy atom. The number of aromatic amines is 1. The Morgan fingerprint density at radius 2 is 2.11 bits per heavy atom. The first-order valence-corrected chi connectivity index (χ1v) is 5.88. The van der Waals surface area contributed by atoms with Gasteiger partial charge in [0.1, 0.15) is 12.1 Å². The van der Waals surface area contributed by atoms with Crippen molar-refractivity contribution in [2.24, 2.45) is 0 Å². The first-order chi connectivity index (χ1) is 8.85. The summed E-state index contributed by atoms with van der Waals surface area (Å²) in [5, 5.41) is 0. The van der Waals surface area contributed by atoms with Gasteiger partial charge in [-0.25, -0.2) is 0 Å². The number of carbonyl (C=O) groups is 1. The van der Waals surface area contributed by atoms with Gasteiger partial charge in [0.15, 0.2) is 5.43 Å². The van der Waals surface area contributed by atoms with Gasteiger partial charge in [-0.3, -0.25) is 9.59 Å². The highest BCUT2D eigenvalue weighted by atomic mass is 19.4. The molecule has 0 spiro atoms. The van der Waals surface area contributed by atoms with E-state index in [-0.39, 0.29) is 12.1 Å². The number of amides is 1. The second-order valence-corrected chi connectivity index (χ2v) is 4.12. The summed E-state index contributed by atoms with van der Waals surface area (Å²) in [7, 11) is 0. The van der Waals surface area contributed by atoms with E-state index in [2.05, 4.69) is 4.98 Å². The minimum absolute atomic E-state index is 0.0246. The van der Waals surface area contributed by atoms with E-state index in [0.717, 1.165) is 12.3 Å². The van der Waals surface area contributed by atoms with Crippen molar-refractivity contribution in [3.05, 3.63) is 34.2 Å². The zero-order valence-corrected chi connectivity index (χ0v) is 10.5. The molecule has 0 aromatic carbocycles. The third kappa shape index (κ3) is 4.76. The van der Waals surface area contributed by atoms with E-state index in [4.69, 9.17) is 0 Å². The number of carbonyl (C=O) groups excluding carboxylic acids is 1. The Hall–Kier alpha value is -1.79. The Morgan fingerprint density at radius 3 is 2.63 bits per heavy atom. The molecule has 1 rings (SSSR count). The van der Waals surface area contributed by atoms with Crippen LogP contribution in [0.2, 0.25) is 0 Å². The molecule has 0 aliphatic rings. The number of aromatic nitrogens is 1. The molecular formula is C12H15F3N2O2. The lowest BCUT2D eigenvalue weighted by atomic mass is 10.2. The van der Waals surface area contributed by atoms with Crippen LogP contribution in [-0.2, 0) is 0 Å². The van der Waals surface area contributed by atoms with Gasteiger partial charge in [-0.1, -0.05) is 13.3 Å². The number of pyridine rings is 1. The van der Waals surface area contributed by atoms with Gasteiger partial charge in [0.05, 0.1) is 0 Å². The molecule has 0 bridgehead atoms. The Kier molecular flexibility index (Phi) is 5.14. The highest BCUT2D eigenvalue weighted by Gasteiger charge is 2.33. The van der Waals surface area contributed by atoms with E-state index < -0.39 is 24.1 Å². The fourth-order valence-corrected chi connectivity index (χ4v) is 1.57. The normalized spacial score (nSPS) is 11.4. The molecule has 4 nitrogen and oxygen atoms in total. The fraction of sp³-hybridized carbons (Fsp3) is 0.500. The molecule has 1 aromatic heterocycles. The van der Waals surface area contributed by atoms with Gasteiger partial charge in [-0.05, 0) is 6.42 Å². The topological polar surface area (TPSA) is 53.2 Å². The van der Waals surface area contributed by atoms with Gasteiger partial charge in [0.2, 0.25) is 0 Å². The summed E-state index contributed by atoms with van der Waals surface area (Å²) in [5.41, 5.74) is -0.865. The van der Waals surface area contributed by atoms with Gasteiger partial charge in [0, 0.05) is 25.0 Å². The van der Waals surface area contributed by atoms with Crippen LogP contribution in [0.3, 0.4) is 0 Å². The maximum Gasteiger partial charge on any atom is 0.406 e. The minimum atomic E-state index is -4.48. The summed E-state index contributed by atoms with van der Waals surface area (Å²) in [5.74, 6) is -0.896. The first-order valence-electron chi connectivity index (χ1n) is 5.88. The monoisotopic (exact) mass is 276 g/mol. The lowest BCUT2D eigenvalue weighted by Crippen LogP contribution is -2.41. The van der Waals surface area contributed by atoms with Crippen LogP contribution in [0.15, 0.2) is 23.3 Å². The molecule has 0 aliphatic carbocycles. The molecule has 1 aromatic rings. The lowest BCUT2D eigenvalue weighted by molar-refractivity contribution is -0.140. The van der Waals surface area contributed by atoms with E-state index in [0.29, 0.717) is 17.7 Å². The van der Waals surface area contributed by atoms with E-state index >= 15 is 0 Å².